The zero-order valence-electron chi connectivity index (χ0n) is 16.8. The summed E-state index contributed by atoms with van der Waals surface area (Å²) >= 11 is 0. The first-order valence-electron chi connectivity index (χ1n) is 10.2. The van der Waals surface area contributed by atoms with Gasteiger partial charge in [-0.3, -0.25) is 0 Å². The summed E-state index contributed by atoms with van der Waals surface area (Å²) in [6.07, 6.45) is 6.27. The number of ether oxygens (including phenoxy) is 2. The lowest BCUT2D eigenvalue weighted by molar-refractivity contribution is 0.179. The van der Waals surface area contributed by atoms with Crippen LogP contribution in [-0.4, -0.2) is 40.3 Å². The molecule has 3 N–H and O–H groups in total. The maximum atomic E-state index is 13.0. The third-order valence-corrected chi connectivity index (χ3v) is 7.48. The van der Waals surface area contributed by atoms with E-state index in [2.05, 4.69) is 20.8 Å². The molecule has 2 aromatic rings. The molecule has 3 aliphatic rings. The van der Waals surface area contributed by atoms with Gasteiger partial charge in [0.25, 0.3) is 0 Å². The predicted molar refractivity (Wildman–Crippen MR) is 111 cm³/mol. The largest absolute Gasteiger partial charge is 0.475 e. The van der Waals surface area contributed by atoms with Gasteiger partial charge in [-0.2, -0.15) is 5.10 Å². The van der Waals surface area contributed by atoms with Crippen LogP contribution in [-0.2, 0) is 40.5 Å². The second kappa shape index (κ2) is 7.36. The van der Waals surface area contributed by atoms with Gasteiger partial charge in [0, 0.05) is 18.7 Å². The molecule has 2 aliphatic carbocycles. The highest BCUT2D eigenvalue weighted by atomic mass is 32.2. The fourth-order valence-electron chi connectivity index (χ4n) is 4.87. The van der Waals surface area contributed by atoms with Crippen molar-refractivity contribution in [2.24, 2.45) is 9.50 Å². The van der Waals surface area contributed by atoms with Crippen molar-refractivity contribution in [3.63, 3.8) is 0 Å². The van der Waals surface area contributed by atoms with E-state index in [4.69, 9.17) is 14.6 Å². The molecule has 1 aliphatic heterocycles. The van der Waals surface area contributed by atoms with E-state index in [-0.39, 0.29) is 10.8 Å². The Bertz CT molecular complexity index is 1150. The number of rotatable bonds is 4. The van der Waals surface area contributed by atoms with E-state index in [0.29, 0.717) is 25.6 Å². The van der Waals surface area contributed by atoms with E-state index in [1.807, 2.05) is 0 Å². The number of methoxy groups -OCH3 is 1. The van der Waals surface area contributed by atoms with Crippen LogP contribution in [0.2, 0.25) is 0 Å². The Morgan fingerprint density at radius 2 is 2.30 bits per heavy atom. The topological polar surface area (TPSA) is 121 Å². The van der Waals surface area contributed by atoms with Crippen LogP contribution < -0.4 is 15.2 Å². The molecular weight excluding hydrogens is 406 g/mol. The van der Waals surface area contributed by atoms with Crippen molar-refractivity contribution < 1.29 is 18.5 Å². The number of aryl methyl sites for hydroxylation is 2. The highest BCUT2D eigenvalue weighted by Gasteiger charge is 2.31. The summed E-state index contributed by atoms with van der Waals surface area (Å²) in [5.74, 6) is 0.543. The zero-order valence-corrected chi connectivity index (χ0v) is 17.7. The third kappa shape index (κ3) is 3.19. The smallest absolute Gasteiger partial charge is 0.354 e. The number of carbonyl (C=O) groups is 1. The van der Waals surface area contributed by atoms with Gasteiger partial charge in [-0.15, -0.1) is 4.36 Å². The number of aromatic nitrogens is 2. The first-order chi connectivity index (χ1) is 14.5. The van der Waals surface area contributed by atoms with E-state index in [1.54, 1.807) is 11.8 Å². The molecule has 1 aromatic heterocycles. The number of benzene rings is 1. The normalized spacial score (nSPS) is 20.8. The molecule has 1 aromatic carbocycles. The van der Waals surface area contributed by atoms with Gasteiger partial charge in [0.05, 0.1) is 19.3 Å². The molecule has 0 fully saturated rings. The highest BCUT2D eigenvalue weighted by Crippen LogP contribution is 2.44. The summed E-state index contributed by atoms with van der Waals surface area (Å²) in [5.41, 5.74) is 5.61. The van der Waals surface area contributed by atoms with E-state index < -0.39 is 15.9 Å². The Morgan fingerprint density at radius 3 is 3.13 bits per heavy atom. The first kappa shape index (κ1) is 19.5. The molecule has 0 unspecified atom stereocenters. The number of nitrogens with one attached hydrogen (secondary N) is 1. The summed E-state index contributed by atoms with van der Waals surface area (Å²) < 4.78 is 29.3. The van der Waals surface area contributed by atoms with Crippen LogP contribution in [0.15, 0.2) is 21.5 Å². The number of anilines is 1. The van der Waals surface area contributed by atoms with Crippen molar-refractivity contribution in [3.05, 3.63) is 34.5 Å². The zero-order chi connectivity index (χ0) is 20.9. The van der Waals surface area contributed by atoms with Gasteiger partial charge in [-0.25, -0.2) is 18.8 Å². The fraction of sp³-hybridized carbons (Fsp3) is 0.500. The Morgan fingerprint density at radius 1 is 1.43 bits per heavy atom. The van der Waals surface area contributed by atoms with Crippen LogP contribution in [0.4, 0.5) is 10.5 Å². The van der Waals surface area contributed by atoms with Crippen LogP contribution >= 0.6 is 0 Å². The molecule has 5 rings (SSSR count). The number of carbonyl (C=O) groups excluding carboxylic acids is 1. The van der Waals surface area contributed by atoms with Gasteiger partial charge in [0.15, 0.2) is 9.92 Å². The minimum atomic E-state index is -3.48. The molecule has 10 heteroatoms. The van der Waals surface area contributed by atoms with Crippen molar-refractivity contribution in [1.29, 1.82) is 0 Å². The minimum Gasteiger partial charge on any atom is -0.475 e. The van der Waals surface area contributed by atoms with Gasteiger partial charge in [-0.05, 0) is 54.4 Å². The second-order valence-electron chi connectivity index (χ2n) is 7.98. The fourth-order valence-corrected chi connectivity index (χ4v) is 5.88. The van der Waals surface area contributed by atoms with Crippen LogP contribution in [0.5, 0.6) is 5.88 Å². The monoisotopic (exact) mass is 431 g/mol. The summed E-state index contributed by atoms with van der Waals surface area (Å²) in [6.45, 7) is 1.58. The molecule has 160 valence electrons. The number of nitrogens with zero attached hydrogens (tertiary/aromatic N) is 3. The SMILES string of the molecule is COC[C@@H]1CCc2cc3c(c(NC(=O)N=[S@@](N)(=O)c4cnn5c4OCC5)c21)CCC3. The second-order valence-corrected chi connectivity index (χ2v) is 9.74. The van der Waals surface area contributed by atoms with Gasteiger partial charge in [-0.1, -0.05) is 6.07 Å². The van der Waals surface area contributed by atoms with Crippen LogP contribution in [0.1, 0.15) is 41.0 Å². The first-order valence-corrected chi connectivity index (χ1v) is 11.8. The lowest BCUT2D eigenvalue weighted by atomic mass is 9.94. The molecule has 2 amide bonds. The molecule has 0 bridgehead atoms. The van der Waals surface area contributed by atoms with Gasteiger partial charge >= 0.3 is 6.03 Å². The lowest BCUT2D eigenvalue weighted by Gasteiger charge is -2.19. The maximum Gasteiger partial charge on any atom is 0.354 e. The minimum absolute atomic E-state index is 0.149. The molecule has 0 saturated heterocycles. The highest BCUT2D eigenvalue weighted by molar-refractivity contribution is 7.91. The number of hydrogen-bond donors (Lipinski definition) is 2. The summed E-state index contributed by atoms with van der Waals surface area (Å²) in [4.78, 5) is 13.0. The van der Waals surface area contributed by atoms with Crippen molar-refractivity contribution >= 4 is 21.6 Å². The number of hydrogen-bond acceptors (Lipinski definition) is 5. The van der Waals surface area contributed by atoms with Crippen molar-refractivity contribution in [1.82, 2.24) is 9.78 Å². The van der Waals surface area contributed by atoms with E-state index >= 15 is 0 Å². The van der Waals surface area contributed by atoms with Crippen molar-refractivity contribution in [2.45, 2.75) is 49.5 Å². The Hall–Kier alpha value is -2.43. The van der Waals surface area contributed by atoms with Gasteiger partial charge in [0.2, 0.25) is 5.88 Å². The Kier molecular flexibility index (Phi) is 4.79. The number of urea groups is 1. The number of amides is 2. The summed E-state index contributed by atoms with van der Waals surface area (Å²) in [7, 11) is -1.79. The molecule has 9 nitrogen and oxygen atoms in total. The number of fused-ring (bicyclic) bond motifs is 3. The quantitative estimate of drug-likeness (QED) is 0.770. The predicted octanol–water partition coefficient (Wildman–Crippen LogP) is 2.37. The maximum absolute atomic E-state index is 13.0. The van der Waals surface area contributed by atoms with E-state index in [9.17, 15) is 9.00 Å². The summed E-state index contributed by atoms with van der Waals surface area (Å²) in [5, 5.41) is 13.0. The van der Waals surface area contributed by atoms with Crippen molar-refractivity contribution in [2.75, 3.05) is 25.6 Å². The Balaban J connectivity index is 1.51. The molecule has 30 heavy (non-hydrogen) atoms. The van der Waals surface area contributed by atoms with Gasteiger partial charge < -0.3 is 14.8 Å². The van der Waals surface area contributed by atoms with E-state index in [0.717, 1.165) is 48.9 Å². The molecule has 0 saturated carbocycles. The molecule has 0 radical (unpaired) electrons. The molecule has 2 heterocycles. The van der Waals surface area contributed by atoms with Crippen LogP contribution in [0.3, 0.4) is 0 Å². The van der Waals surface area contributed by atoms with Crippen molar-refractivity contribution in [3.8, 4) is 5.88 Å². The average Bonchev–Trinajstić information content (AvgIpc) is 3.45. The van der Waals surface area contributed by atoms with Crippen LogP contribution in [0.25, 0.3) is 0 Å². The molecule has 2 atom stereocenters. The standard InChI is InChI=1S/C20H25N5O4S/c1-28-11-14-6-5-13-9-12-3-2-4-15(12)18(17(13)14)23-20(26)24-30(21,27)16-10-22-25-7-8-29-19(16)25/h9-10,14H,2-8,11H2,1H3,(H3,21,23,24,26,27)/t14-,30+/m0/s1. The molecular formula is C20H25N5O4S. The van der Waals surface area contributed by atoms with E-state index in [1.165, 1.54) is 17.3 Å². The lowest BCUT2D eigenvalue weighted by Crippen LogP contribution is -2.19. The number of nitrogens with two attached hydrogens (primary N) is 1. The Labute approximate surface area is 175 Å². The average molecular weight is 432 g/mol. The molecule has 0 spiro atoms. The summed E-state index contributed by atoms with van der Waals surface area (Å²) in [6, 6.07) is 1.56. The van der Waals surface area contributed by atoms with Crippen LogP contribution in [0, 0.1) is 0 Å². The van der Waals surface area contributed by atoms with Gasteiger partial charge in [0.1, 0.15) is 11.5 Å². The third-order valence-electron chi connectivity index (χ3n) is 6.13.